The Balaban J connectivity index is 1.96. The van der Waals surface area contributed by atoms with E-state index < -0.39 is 0 Å². The van der Waals surface area contributed by atoms with E-state index in [9.17, 15) is 5.26 Å². The second-order valence-corrected chi connectivity index (χ2v) is 7.74. The van der Waals surface area contributed by atoms with Crippen molar-refractivity contribution < 1.29 is 4.74 Å². The molecule has 0 saturated heterocycles. The van der Waals surface area contributed by atoms with Crippen LogP contribution in [0.2, 0.25) is 0 Å². The van der Waals surface area contributed by atoms with Crippen LogP contribution in [0.4, 0.5) is 0 Å². The molecule has 2 aromatic heterocycles. The van der Waals surface area contributed by atoms with Gasteiger partial charge < -0.3 is 10.5 Å². The quantitative estimate of drug-likeness (QED) is 0.679. The number of rotatable bonds is 2. The van der Waals surface area contributed by atoms with Crippen LogP contribution in [0.15, 0.2) is 57.7 Å². The van der Waals surface area contributed by atoms with Gasteiger partial charge in [0.25, 0.3) is 0 Å². The Morgan fingerprint density at radius 1 is 1.25 bits per heavy atom. The van der Waals surface area contributed by atoms with E-state index in [2.05, 4.69) is 32.2 Å². The van der Waals surface area contributed by atoms with Gasteiger partial charge in [0.15, 0.2) is 0 Å². The highest BCUT2D eigenvalue weighted by Gasteiger charge is 2.36. The fourth-order valence-corrected chi connectivity index (χ4v) is 4.38. The van der Waals surface area contributed by atoms with Gasteiger partial charge >= 0.3 is 0 Å². The Labute approximate surface area is 150 Å². The molecule has 0 bridgehead atoms. The van der Waals surface area contributed by atoms with Crippen LogP contribution < -0.4 is 10.5 Å². The standard InChI is InChI=1S/C17H11BrN4OS/c18-12-7-6-11(24-12)13-10(8-19)16(20)23-17-14(13)15(21-22-17)9-4-2-1-3-5-9/h1-7,13H,20H2,(H,21,22). The molecule has 3 aromatic rings. The molecule has 1 unspecified atom stereocenters. The summed E-state index contributed by atoms with van der Waals surface area (Å²) in [6.45, 7) is 0. The van der Waals surface area contributed by atoms with Crippen molar-refractivity contribution in [2.24, 2.45) is 5.73 Å². The minimum atomic E-state index is -0.302. The molecule has 0 aliphatic carbocycles. The zero-order valence-electron chi connectivity index (χ0n) is 12.3. The number of nitrogens with zero attached hydrogens (tertiary/aromatic N) is 2. The molecule has 5 nitrogen and oxygen atoms in total. The molecule has 24 heavy (non-hydrogen) atoms. The summed E-state index contributed by atoms with van der Waals surface area (Å²) in [5.74, 6) is 0.217. The fraction of sp³-hybridized carbons (Fsp3) is 0.0588. The predicted octanol–water partition coefficient (Wildman–Crippen LogP) is 4.12. The number of H-pyrrole nitrogens is 1. The second-order valence-electron chi connectivity index (χ2n) is 5.25. The van der Waals surface area contributed by atoms with Crippen LogP contribution in [0.3, 0.4) is 0 Å². The number of nitrogens with two attached hydrogens (primary N) is 1. The van der Waals surface area contributed by atoms with E-state index >= 15 is 0 Å². The number of nitrogens with one attached hydrogen (secondary N) is 1. The minimum Gasteiger partial charge on any atom is -0.420 e. The van der Waals surface area contributed by atoms with Crippen LogP contribution >= 0.6 is 27.3 Å². The number of hydrogen-bond acceptors (Lipinski definition) is 5. The van der Waals surface area contributed by atoms with Crippen LogP contribution in [0, 0.1) is 11.3 Å². The van der Waals surface area contributed by atoms with Crippen molar-refractivity contribution in [1.82, 2.24) is 10.2 Å². The number of halogens is 1. The Morgan fingerprint density at radius 2 is 2.04 bits per heavy atom. The molecule has 0 radical (unpaired) electrons. The first kappa shape index (κ1) is 15.0. The molecule has 3 N–H and O–H groups in total. The molecular weight excluding hydrogens is 388 g/mol. The molecule has 1 aromatic carbocycles. The molecule has 118 valence electrons. The Bertz CT molecular complexity index is 984. The predicted molar refractivity (Wildman–Crippen MR) is 95.3 cm³/mol. The Kier molecular flexibility index (Phi) is 3.63. The lowest BCUT2D eigenvalue weighted by atomic mass is 9.87. The maximum absolute atomic E-state index is 9.62. The van der Waals surface area contributed by atoms with Gasteiger partial charge in [-0.1, -0.05) is 30.3 Å². The summed E-state index contributed by atoms with van der Waals surface area (Å²) >= 11 is 5.05. The highest BCUT2D eigenvalue weighted by Crippen LogP contribution is 2.47. The molecule has 7 heteroatoms. The third-order valence-corrected chi connectivity index (χ3v) is 5.57. The molecule has 3 heterocycles. The lowest BCUT2D eigenvalue weighted by molar-refractivity contribution is 0.379. The van der Waals surface area contributed by atoms with Crippen molar-refractivity contribution in [1.29, 1.82) is 5.26 Å². The van der Waals surface area contributed by atoms with E-state index in [4.69, 9.17) is 10.5 Å². The maximum atomic E-state index is 9.62. The van der Waals surface area contributed by atoms with Gasteiger partial charge in [0, 0.05) is 4.88 Å². The molecule has 0 amide bonds. The number of hydrogen-bond donors (Lipinski definition) is 2. The monoisotopic (exact) mass is 398 g/mol. The zero-order valence-corrected chi connectivity index (χ0v) is 14.7. The van der Waals surface area contributed by atoms with Crippen LogP contribution in [-0.4, -0.2) is 10.2 Å². The molecule has 1 aliphatic rings. The van der Waals surface area contributed by atoms with Crippen molar-refractivity contribution in [3.8, 4) is 23.2 Å². The van der Waals surface area contributed by atoms with Gasteiger partial charge in [-0.25, -0.2) is 0 Å². The number of allylic oxidation sites excluding steroid dienone is 1. The number of fused-ring (bicyclic) bond motifs is 1. The smallest absolute Gasteiger partial charge is 0.244 e. The first-order chi connectivity index (χ1) is 11.7. The Morgan fingerprint density at radius 3 is 2.71 bits per heavy atom. The lowest BCUT2D eigenvalue weighted by Gasteiger charge is -2.22. The van der Waals surface area contributed by atoms with Crippen LogP contribution in [-0.2, 0) is 0 Å². The minimum absolute atomic E-state index is 0.102. The van der Waals surface area contributed by atoms with Crippen molar-refractivity contribution in [3.63, 3.8) is 0 Å². The van der Waals surface area contributed by atoms with Crippen LogP contribution in [0.5, 0.6) is 5.88 Å². The summed E-state index contributed by atoms with van der Waals surface area (Å²) in [5.41, 5.74) is 9.01. The fourth-order valence-electron chi connectivity index (χ4n) is 2.84. The summed E-state index contributed by atoms with van der Waals surface area (Å²) in [5, 5.41) is 16.9. The van der Waals surface area contributed by atoms with E-state index in [1.54, 1.807) is 11.3 Å². The number of thiophene rings is 1. The van der Waals surface area contributed by atoms with Crippen molar-refractivity contribution in [3.05, 3.63) is 68.1 Å². The van der Waals surface area contributed by atoms with E-state index in [0.717, 1.165) is 25.5 Å². The largest absolute Gasteiger partial charge is 0.420 e. The second kappa shape index (κ2) is 5.82. The maximum Gasteiger partial charge on any atom is 0.244 e. The SMILES string of the molecule is N#CC1=C(N)Oc2n[nH]c(-c3ccccc3)c2C1c1ccc(Br)s1. The van der Waals surface area contributed by atoms with Crippen LogP contribution in [0.1, 0.15) is 16.4 Å². The molecule has 4 rings (SSSR count). The number of nitriles is 1. The normalized spacial score (nSPS) is 16.4. The van der Waals surface area contributed by atoms with Gasteiger partial charge in [0.1, 0.15) is 11.6 Å². The summed E-state index contributed by atoms with van der Waals surface area (Å²) in [7, 11) is 0. The first-order valence-corrected chi connectivity index (χ1v) is 8.76. The van der Waals surface area contributed by atoms with Gasteiger partial charge in [-0.05, 0) is 33.6 Å². The average Bonchev–Trinajstić information content (AvgIpc) is 3.20. The average molecular weight is 399 g/mol. The van der Waals surface area contributed by atoms with Crippen molar-refractivity contribution in [2.75, 3.05) is 0 Å². The van der Waals surface area contributed by atoms with Crippen molar-refractivity contribution in [2.45, 2.75) is 5.92 Å². The number of benzene rings is 1. The summed E-state index contributed by atoms with van der Waals surface area (Å²) < 4.78 is 6.57. The molecule has 0 saturated carbocycles. The van der Waals surface area contributed by atoms with Gasteiger partial charge in [-0.3, -0.25) is 5.10 Å². The first-order valence-electron chi connectivity index (χ1n) is 7.15. The Hall–Kier alpha value is -2.56. The summed E-state index contributed by atoms with van der Waals surface area (Å²) in [4.78, 5) is 1.00. The molecule has 0 spiro atoms. The lowest BCUT2D eigenvalue weighted by Crippen LogP contribution is -2.20. The highest BCUT2D eigenvalue weighted by molar-refractivity contribution is 9.11. The molecule has 1 aliphatic heterocycles. The third kappa shape index (κ3) is 2.31. The van der Waals surface area contributed by atoms with Crippen LogP contribution in [0.25, 0.3) is 11.3 Å². The third-order valence-electron chi connectivity index (χ3n) is 3.88. The summed E-state index contributed by atoms with van der Waals surface area (Å²) in [6, 6.07) is 16.0. The van der Waals surface area contributed by atoms with E-state index in [0.29, 0.717) is 11.5 Å². The number of aromatic amines is 1. The zero-order chi connectivity index (χ0) is 16.7. The van der Waals surface area contributed by atoms with Gasteiger partial charge in [-0.15, -0.1) is 16.4 Å². The van der Waals surface area contributed by atoms with E-state index in [-0.39, 0.29) is 11.8 Å². The van der Waals surface area contributed by atoms with E-state index in [1.807, 2.05) is 42.5 Å². The summed E-state index contributed by atoms with van der Waals surface area (Å²) in [6.07, 6.45) is 0. The molecule has 0 fully saturated rings. The van der Waals surface area contributed by atoms with Gasteiger partial charge in [0.05, 0.1) is 21.0 Å². The molecule has 1 atom stereocenters. The number of ether oxygens (including phenoxy) is 1. The van der Waals surface area contributed by atoms with Gasteiger partial charge in [-0.2, -0.15) is 5.26 Å². The molecular formula is C17H11BrN4OS. The van der Waals surface area contributed by atoms with Crippen molar-refractivity contribution >= 4 is 27.3 Å². The van der Waals surface area contributed by atoms with Gasteiger partial charge in [0.2, 0.25) is 11.8 Å². The number of aromatic nitrogens is 2. The van der Waals surface area contributed by atoms with E-state index in [1.165, 1.54) is 0 Å². The topological polar surface area (TPSA) is 87.7 Å². The highest BCUT2D eigenvalue weighted by atomic mass is 79.9.